The highest BCUT2D eigenvalue weighted by Gasteiger charge is 2.25. The van der Waals surface area contributed by atoms with Crippen LogP contribution in [0.4, 0.5) is 13.2 Å². The molecule has 1 saturated heterocycles. The van der Waals surface area contributed by atoms with Crippen LogP contribution in [0.1, 0.15) is 17.2 Å². The van der Waals surface area contributed by atoms with Crippen LogP contribution in [0.25, 0.3) is 11.1 Å². The van der Waals surface area contributed by atoms with Crippen LogP contribution in [-0.4, -0.2) is 13.7 Å². The Balaban J connectivity index is 1.46. The summed E-state index contributed by atoms with van der Waals surface area (Å²) < 4.78 is 57.3. The van der Waals surface area contributed by atoms with Gasteiger partial charge in [-0.25, -0.2) is 4.39 Å². The van der Waals surface area contributed by atoms with Gasteiger partial charge in [-0.05, 0) is 34.9 Å². The van der Waals surface area contributed by atoms with E-state index >= 15 is 0 Å². The molecule has 1 fully saturated rings. The van der Waals surface area contributed by atoms with Gasteiger partial charge in [0.05, 0.1) is 13.7 Å². The number of benzene rings is 3. The van der Waals surface area contributed by atoms with Crippen molar-refractivity contribution >= 4 is 0 Å². The molecule has 1 unspecified atom stereocenters. The highest BCUT2D eigenvalue weighted by Crippen LogP contribution is 2.33. The fourth-order valence-corrected chi connectivity index (χ4v) is 2.93. The van der Waals surface area contributed by atoms with Crippen LogP contribution in [0.5, 0.6) is 11.5 Å². The number of ether oxygens (including phenoxy) is 3. The quantitative estimate of drug-likeness (QED) is 0.530. The zero-order valence-electron chi connectivity index (χ0n) is 15.0. The summed E-state index contributed by atoms with van der Waals surface area (Å²) in [7, 11) is 1.26. The summed E-state index contributed by atoms with van der Waals surface area (Å²) >= 11 is 0. The van der Waals surface area contributed by atoms with Crippen molar-refractivity contribution < 1.29 is 27.4 Å². The maximum atomic E-state index is 14.4. The van der Waals surface area contributed by atoms with Gasteiger partial charge in [0, 0.05) is 5.56 Å². The van der Waals surface area contributed by atoms with Crippen molar-refractivity contribution in [1.82, 2.24) is 0 Å². The fourth-order valence-electron chi connectivity index (χ4n) is 2.93. The molecular weight excluding hydrogens is 369 g/mol. The predicted molar refractivity (Wildman–Crippen MR) is 97.8 cm³/mol. The summed E-state index contributed by atoms with van der Waals surface area (Å²) in [4.78, 5) is 0. The molecule has 3 aromatic carbocycles. The summed E-state index contributed by atoms with van der Waals surface area (Å²) in [5, 5.41) is 0. The van der Waals surface area contributed by atoms with E-state index in [-0.39, 0.29) is 30.0 Å². The molecule has 1 atom stereocenters. The number of hydrogen-bond donors (Lipinski definition) is 0. The second-order valence-electron chi connectivity index (χ2n) is 6.44. The van der Waals surface area contributed by atoms with Crippen LogP contribution in [-0.2, 0) is 11.3 Å². The van der Waals surface area contributed by atoms with Gasteiger partial charge in [0.1, 0.15) is 18.5 Å². The van der Waals surface area contributed by atoms with Crippen molar-refractivity contribution in [3.63, 3.8) is 0 Å². The van der Waals surface area contributed by atoms with E-state index in [2.05, 4.69) is 0 Å². The summed E-state index contributed by atoms with van der Waals surface area (Å²) in [6.45, 7) is 0.676. The summed E-state index contributed by atoms with van der Waals surface area (Å²) in [6, 6.07) is 14.7. The molecule has 3 nitrogen and oxygen atoms in total. The minimum atomic E-state index is -1.10. The van der Waals surface area contributed by atoms with Gasteiger partial charge in [-0.2, -0.15) is 8.78 Å². The third-order valence-corrected chi connectivity index (χ3v) is 4.59. The van der Waals surface area contributed by atoms with Crippen LogP contribution < -0.4 is 9.47 Å². The van der Waals surface area contributed by atoms with Crippen molar-refractivity contribution in [2.75, 3.05) is 13.7 Å². The Kier molecular flexibility index (Phi) is 4.96. The largest absolute Gasteiger partial charge is 0.494 e. The van der Waals surface area contributed by atoms with Crippen LogP contribution in [0, 0.1) is 17.5 Å². The Bertz CT molecular complexity index is 999. The molecule has 0 aromatic heterocycles. The zero-order chi connectivity index (χ0) is 19.7. The van der Waals surface area contributed by atoms with E-state index in [9.17, 15) is 13.2 Å². The third kappa shape index (κ3) is 3.68. The van der Waals surface area contributed by atoms with E-state index < -0.39 is 11.6 Å². The van der Waals surface area contributed by atoms with Crippen molar-refractivity contribution in [2.24, 2.45) is 0 Å². The van der Waals surface area contributed by atoms with Gasteiger partial charge in [-0.1, -0.05) is 36.4 Å². The Morgan fingerprint density at radius 3 is 2.25 bits per heavy atom. The molecule has 0 N–H and O–H groups in total. The number of halogens is 3. The maximum absolute atomic E-state index is 14.4. The first kappa shape index (κ1) is 18.4. The molecule has 1 aliphatic rings. The Morgan fingerprint density at radius 2 is 1.61 bits per heavy atom. The topological polar surface area (TPSA) is 31.0 Å². The highest BCUT2D eigenvalue weighted by atomic mass is 19.2. The Labute approximate surface area is 160 Å². The van der Waals surface area contributed by atoms with Gasteiger partial charge in [-0.15, -0.1) is 0 Å². The monoisotopic (exact) mass is 386 g/mol. The highest BCUT2D eigenvalue weighted by molar-refractivity contribution is 5.65. The second-order valence-corrected chi connectivity index (χ2v) is 6.44. The first-order valence-corrected chi connectivity index (χ1v) is 8.72. The summed E-state index contributed by atoms with van der Waals surface area (Å²) in [5.41, 5.74) is 2.77. The molecule has 144 valence electrons. The standard InChI is InChI=1S/C22H17F3O3/c1-26-18-8-9-19(22(25)21(18)24)27-11-13-2-4-14(5-3-13)16-7-6-15(10-17(16)23)20-12-28-20/h2-10,20H,11-12H2,1H3. The molecule has 0 spiro atoms. The molecule has 0 aliphatic carbocycles. The Hall–Kier alpha value is -2.99. The van der Waals surface area contributed by atoms with Crippen molar-refractivity contribution in [3.05, 3.63) is 83.2 Å². The summed E-state index contributed by atoms with van der Waals surface area (Å²) in [5.74, 6) is -2.89. The molecule has 0 radical (unpaired) electrons. The normalized spacial score (nSPS) is 15.4. The fraction of sp³-hybridized carbons (Fsp3) is 0.182. The molecule has 0 bridgehead atoms. The number of rotatable bonds is 6. The van der Waals surface area contributed by atoms with Crippen LogP contribution >= 0.6 is 0 Å². The smallest absolute Gasteiger partial charge is 0.204 e. The average Bonchev–Trinajstić information content (AvgIpc) is 3.55. The molecular formula is C22H17F3O3. The average molecular weight is 386 g/mol. The molecule has 4 rings (SSSR count). The zero-order valence-corrected chi connectivity index (χ0v) is 15.0. The van der Waals surface area contributed by atoms with E-state index in [0.29, 0.717) is 17.7 Å². The SMILES string of the molecule is COc1ccc(OCc2ccc(-c3ccc(C4CO4)cc3F)cc2)c(F)c1F. The van der Waals surface area contributed by atoms with Gasteiger partial charge in [0.15, 0.2) is 11.5 Å². The predicted octanol–water partition coefficient (Wildman–Crippen LogP) is 5.43. The van der Waals surface area contributed by atoms with Gasteiger partial charge < -0.3 is 14.2 Å². The van der Waals surface area contributed by atoms with E-state index in [0.717, 1.165) is 11.1 Å². The van der Waals surface area contributed by atoms with Crippen molar-refractivity contribution in [3.8, 4) is 22.6 Å². The first-order valence-electron chi connectivity index (χ1n) is 8.72. The van der Waals surface area contributed by atoms with Crippen LogP contribution in [0.2, 0.25) is 0 Å². The molecule has 3 aromatic rings. The first-order chi connectivity index (χ1) is 13.6. The maximum Gasteiger partial charge on any atom is 0.204 e. The minimum Gasteiger partial charge on any atom is -0.494 e. The van der Waals surface area contributed by atoms with E-state index in [1.54, 1.807) is 30.3 Å². The van der Waals surface area contributed by atoms with E-state index in [1.807, 2.05) is 6.07 Å². The summed E-state index contributed by atoms with van der Waals surface area (Å²) in [6.07, 6.45) is 0.00580. The van der Waals surface area contributed by atoms with Crippen molar-refractivity contribution in [1.29, 1.82) is 0 Å². The van der Waals surface area contributed by atoms with Gasteiger partial charge in [0.2, 0.25) is 11.6 Å². The Morgan fingerprint density at radius 1 is 0.929 bits per heavy atom. The lowest BCUT2D eigenvalue weighted by Gasteiger charge is -2.10. The number of hydrogen-bond acceptors (Lipinski definition) is 3. The molecule has 1 heterocycles. The third-order valence-electron chi connectivity index (χ3n) is 4.59. The minimum absolute atomic E-state index is 0.00580. The number of epoxide rings is 1. The van der Waals surface area contributed by atoms with Gasteiger partial charge in [-0.3, -0.25) is 0 Å². The molecule has 28 heavy (non-hydrogen) atoms. The number of methoxy groups -OCH3 is 1. The van der Waals surface area contributed by atoms with Crippen LogP contribution in [0.15, 0.2) is 54.6 Å². The second kappa shape index (κ2) is 7.56. The molecule has 1 aliphatic heterocycles. The van der Waals surface area contributed by atoms with Crippen LogP contribution in [0.3, 0.4) is 0 Å². The lowest BCUT2D eigenvalue weighted by Crippen LogP contribution is -2.00. The van der Waals surface area contributed by atoms with E-state index in [1.165, 1.54) is 25.3 Å². The molecule has 6 heteroatoms. The van der Waals surface area contributed by atoms with Gasteiger partial charge in [0.25, 0.3) is 0 Å². The molecule has 0 amide bonds. The van der Waals surface area contributed by atoms with Crippen molar-refractivity contribution in [2.45, 2.75) is 12.7 Å². The lowest BCUT2D eigenvalue weighted by molar-refractivity contribution is 0.280. The molecule has 0 saturated carbocycles. The lowest BCUT2D eigenvalue weighted by atomic mass is 10.0. The van der Waals surface area contributed by atoms with E-state index in [4.69, 9.17) is 14.2 Å². The van der Waals surface area contributed by atoms with Gasteiger partial charge >= 0.3 is 0 Å².